The van der Waals surface area contributed by atoms with E-state index in [0.717, 1.165) is 15.8 Å². The van der Waals surface area contributed by atoms with Crippen LogP contribution in [0.25, 0.3) is 0 Å². The highest BCUT2D eigenvalue weighted by Crippen LogP contribution is 2.25. The summed E-state index contributed by atoms with van der Waals surface area (Å²) in [7, 11) is 0. The summed E-state index contributed by atoms with van der Waals surface area (Å²) in [5.74, 6) is 0. The number of rotatable bonds is 2. The van der Waals surface area contributed by atoms with E-state index in [1.54, 1.807) is 0 Å². The lowest BCUT2D eigenvalue weighted by Crippen LogP contribution is -2.10. The van der Waals surface area contributed by atoms with Crippen LogP contribution in [0, 0.1) is 0 Å². The summed E-state index contributed by atoms with van der Waals surface area (Å²) in [5.41, 5.74) is 3.75. The Morgan fingerprint density at radius 3 is 2.11 bits per heavy atom. The van der Waals surface area contributed by atoms with Crippen LogP contribution < -0.4 is 5.32 Å². The van der Waals surface area contributed by atoms with Gasteiger partial charge in [-0.15, -0.1) is 0 Å². The Hall–Kier alpha value is -1.28. The summed E-state index contributed by atoms with van der Waals surface area (Å²) < 4.78 is 1.08. The number of hydrogen-bond acceptors (Lipinski definition) is 1. The molecular formula is C16H18BrN. The van der Waals surface area contributed by atoms with Gasteiger partial charge in [0.25, 0.3) is 0 Å². The van der Waals surface area contributed by atoms with Gasteiger partial charge in [0.05, 0.1) is 0 Å². The van der Waals surface area contributed by atoms with Crippen molar-refractivity contribution in [3.05, 3.63) is 58.6 Å². The average Bonchev–Trinajstić information content (AvgIpc) is 2.28. The highest BCUT2D eigenvalue weighted by molar-refractivity contribution is 9.10. The second kappa shape index (κ2) is 5.15. The third-order valence-corrected chi connectivity index (χ3v) is 3.36. The molecule has 2 aromatic rings. The van der Waals surface area contributed by atoms with Crippen LogP contribution in [0.15, 0.2) is 53.0 Å². The molecule has 18 heavy (non-hydrogen) atoms. The van der Waals surface area contributed by atoms with Crippen LogP contribution in [-0.4, -0.2) is 0 Å². The van der Waals surface area contributed by atoms with Crippen LogP contribution in [0.2, 0.25) is 0 Å². The van der Waals surface area contributed by atoms with Gasteiger partial charge in [-0.25, -0.2) is 0 Å². The van der Waals surface area contributed by atoms with Gasteiger partial charge in [0.2, 0.25) is 0 Å². The van der Waals surface area contributed by atoms with Crippen LogP contribution in [0.3, 0.4) is 0 Å². The molecule has 94 valence electrons. The fourth-order valence-corrected chi connectivity index (χ4v) is 2.19. The van der Waals surface area contributed by atoms with E-state index in [2.05, 4.69) is 78.4 Å². The van der Waals surface area contributed by atoms with E-state index in [-0.39, 0.29) is 5.41 Å². The van der Waals surface area contributed by atoms with E-state index in [1.165, 1.54) is 5.56 Å². The zero-order chi connectivity index (χ0) is 13.2. The van der Waals surface area contributed by atoms with Crippen molar-refractivity contribution < 1.29 is 0 Å². The molecule has 2 aromatic carbocycles. The van der Waals surface area contributed by atoms with E-state index in [4.69, 9.17) is 0 Å². The van der Waals surface area contributed by atoms with E-state index in [0.29, 0.717) is 0 Å². The normalized spacial score (nSPS) is 11.3. The van der Waals surface area contributed by atoms with Gasteiger partial charge < -0.3 is 5.32 Å². The minimum absolute atomic E-state index is 0.203. The van der Waals surface area contributed by atoms with Crippen molar-refractivity contribution in [2.45, 2.75) is 26.2 Å². The van der Waals surface area contributed by atoms with Crippen molar-refractivity contribution in [3.63, 3.8) is 0 Å². The number of nitrogens with one attached hydrogen (secondary N) is 1. The van der Waals surface area contributed by atoms with Crippen LogP contribution in [0.5, 0.6) is 0 Å². The highest BCUT2D eigenvalue weighted by Gasteiger charge is 2.12. The largest absolute Gasteiger partial charge is 0.355 e. The number of hydrogen-bond donors (Lipinski definition) is 1. The first-order chi connectivity index (χ1) is 8.45. The molecular weight excluding hydrogens is 286 g/mol. The Morgan fingerprint density at radius 2 is 1.56 bits per heavy atom. The first-order valence-corrected chi connectivity index (χ1v) is 6.87. The molecule has 0 aromatic heterocycles. The van der Waals surface area contributed by atoms with Gasteiger partial charge in [0, 0.05) is 15.8 Å². The van der Waals surface area contributed by atoms with Crippen molar-refractivity contribution >= 4 is 27.3 Å². The Labute approximate surface area is 117 Å². The van der Waals surface area contributed by atoms with Gasteiger partial charge in [0.15, 0.2) is 0 Å². The summed E-state index contributed by atoms with van der Waals surface area (Å²) in [4.78, 5) is 0. The lowest BCUT2D eigenvalue weighted by atomic mass is 9.87. The molecule has 2 rings (SSSR count). The molecule has 0 aliphatic rings. The molecule has 0 aliphatic carbocycles. The molecule has 1 N–H and O–H groups in total. The lowest BCUT2D eigenvalue weighted by Gasteiger charge is -2.19. The zero-order valence-electron chi connectivity index (χ0n) is 11.0. The maximum atomic E-state index is 3.47. The van der Waals surface area contributed by atoms with Gasteiger partial charge >= 0.3 is 0 Å². The highest BCUT2D eigenvalue weighted by atomic mass is 79.9. The monoisotopic (exact) mass is 303 g/mol. The first-order valence-electron chi connectivity index (χ1n) is 6.08. The quantitative estimate of drug-likeness (QED) is 0.773. The van der Waals surface area contributed by atoms with Gasteiger partial charge in [-0.05, 0) is 41.3 Å². The lowest BCUT2D eigenvalue weighted by molar-refractivity contribution is 0.590. The maximum Gasteiger partial charge on any atom is 0.0395 e. The minimum atomic E-state index is 0.203. The fourth-order valence-electron chi connectivity index (χ4n) is 1.79. The Balaban J connectivity index is 2.16. The minimum Gasteiger partial charge on any atom is -0.355 e. The van der Waals surface area contributed by atoms with Crippen LogP contribution in [-0.2, 0) is 5.41 Å². The van der Waals surface area contributed by atoms with Gasteiger partial charge in [0.1, 0.15) is 0 Å². The summed E-state index contributed by atoms with van der Waals surface area (Å²) >= 11 is 3.47. The van der Waals surface area contributed by atoms with Crippen molar-refractivity contribution in [2.75, 3.05) is 5.32 Å². The third-order valence-electron chi connectivity index (χ3n) is 2.86. The SMILES string of the molecule is CC(C)(C)c1ccc(Nc2cccc(Br)c2)cc1. The summed E-state index contributed by atoms with van der Waals surface area (Å²) in [5, 5.41) is 3.39. The molecule has 0 radical (unpaired) electrons. The second-order valence-electron chi connectivity index (χ2n) is 5.46. The van der Waals surface area contributed by atoms with Gasteiger partial charge in [-0.3, -0.25) is 0 Å². The van der Waals surface area contributed by atoms with E-state index in [9.17, 15) is 0 Å². The van der Waals surface area contributed by atoms with Crippen LogP contribution in [0.1, 0.15) is 26.3 Å². The zero-order valence-corrected chi connectivity index (χ0v) is 12.6. The number of benzene rings is 2. The molecule has 0 fully saturated rings. The van der Waals surface area contributed by atoms with Crippen LogP contribution >= 0.6 is 15.9 Å². The van der Waals surface area contributed by atoms with Crippen molar-refractivity contribution in [2.24, 2.45) is 0 Å². The van der Waals surface area contributed by atoms with Crippen molar-refractivity contribution in [1.29, 1.82) is 0 Å². The topological polar surface area (TPSA) is 12.0 Å². The molecule has 0 spiro atoms. The molecule has 2 heteroatoms. The molecule has 0 saturated carbocycles. The van der Waals surface area contributed by atoms with E-state index in [1.807, 2.05) is 12.1 Å². The molecule has 0 unspecified atom stereocenters. The number of anilines is 2. The van der Waals surface area contributed by atoms with Gasteiger partial charge in [-0.2, -0.15) is 0 Å². The summed E-state index contributed by atoms with van der Waals surface area (Å²) in [6, 6.07) is 16.8. The summed E-state index contributed by atoms with van der Waals surface area (Å²) in [6.45, 7) is 6.68. The molecule has 0 aliphatic heterocycles. The molecule has 0 amide bonds. The predicted molar refractivity (Wildman–Crippen MR) is 82.6 cm³/mol. The third kappa shape index (κ3) is 3.36. The van der Waals surface area contributed by atoms with Crippen molar-refractivity contribution in [1.82, 2.24) is 0 Å². The standard InChI is InChI=1S/C16H18BrN/c1-16(2,3)12-7-9-14(10-8-12)18-15-6-4-5-13(17)11-15/h4-11,18H,1-3H3. The Kier molecular flexibility index (Phi) is 3.76. The predicted octanol–water partition coefficient (Wildman–Crippen LogP) is 5.49. The molecule has 0 atom stereocenters. The average molecular weight is 304 g/mol. The molecule has 0 saturated heterocycles. The van der Waals surface area contributed by atoms with Gasteiger partial charge in [-0.1, -0.05) is 54.9 Å². The Bertz CT molecular complexity index is 524. The van der Waals surface area contributed by atoms with Crippen LogP contribution in [0.4, 0.5) is 11.4 Å². The summed E-state index contributed by atoms with van der Waals surface area (Å²) in [6.07, 6.45) is 0. The van der Waals surface area contributed by atoms with E-state index < -0.39 is 0 Å². The number of halogens is 1. The fraction of sp³-hybridized carbons (Fsp3) is 0.250. The van der Waals surface area contributed by atoms with E-state index >= 15 is 0 Å². The maximum absolute atomic E-state index is 3.47. The molecule has 0 bridgehead atoms. The second-order valence-corrected chi connectivity index (χ2v) is 6.38. The van der Waals surface area contributed by atoms with Crippen molar-refractivity contribution in [3.8, 4) is 0 Å². The first kappa shape index (κ1) is 13.2. The molecule has 1 nitrogen and oxygen atoms in total. The molecule has 0 heterocycles. The Morgan fingerprint density at radius 1 is 0.889 bits per heavy atom. The smallest absolute Gasteiger partial charge is 0.0395 e.